The van der Waals surface area contributed by atoms with E-state index in [4.69, 9.17) is 10.5 Å². The molecule has 0 radical (unpaired) electrons. The van der Waals surface area contributed by atoms with Gasteiger partial charge in [-0.1, -0.05) is 6.07 Å². The van der Waals surface area contributed by atoms with Gasteiger partial charge < -0.3 is 25.4 Å². The van der Waals surface area contributed by atoms with Crippen LogP contribution < -0.4 is 15.4 Å². The van der Waals surface area contributed by atoms with Gasteiger partial charge in [0.1, 0.15) is 5.82 Å². The SMILES string of the molecule is CCOc1cc(CN=C(N)N2CCN(c3ccc(F)cc3)CC2)ccc1O.I. The van der Waals surface area contributed by atoms with Crippen molar-refractivity contribution in [3.05, 3.63) is 53.8 Å². The Morgan fingerprint density at radius 1 is 1.14 bits per heavy atom. The minimum Gasteiger partial charge on any atom is -0.504 e. The Morgan fingerprint density at radius 3 is 2.46 bits per heavy atom. The number of nitrogens with two attached hydrogens (primary N) is 1. The number of phenols is 1. The van der Waals surface area contributed by atoms with E-state index in [0.29, 0.717) is 24.9 Å². The molecular formula is C20H26FIN4O2. The summed E-state index contributed by atoms with van der Waals surface area (Å²) in [6, 6.07) is 11.7. The van der Waals surface area contributed by atoms with E-state index >= 15 is 0 Å². The standard InChI is InChI=1S/C20H25FN4O2.HI/c1-2-27-19-13-15(3-8-18(19)26)14-23-20(22)25-11-9-24(10-12-25)17-6-4-16(21)5-7-17;/h3-8,13,26H,2,9-12,14H2,1H3,(H2,22,23);1H. The maximum Gasteiger partial charge on any atom is 0.191 e. The predicted molar refractivity (Wildman–Crippen MR) is 120 cm³/mol. The molecule has 0 spiro atoms. The zero-order chi connectivity index (χ0) is 19.2. The molecule has 3 rings (SSSR count). The highest BCUT2D eigenvalue weighted by molar-refractivity contribution is 14.0. The lowest BCUT2D eigenvalue weighted by atomic mass is 10.2. The number of aromatic hydroxyl groups is 1. The second-order valence-corrected chi connectivity index (χ2v) is 6.36. The average molecular weight is 500 g/mol. The average Bonchev–Trinajstić information content (AvgIpc) is 2.69. The van der Waals surface area contributed by atoms with Crippen LogP contribution in [0.25, 0.3) is 0 Å². The lowest BCUT2D eigenvalue weighted by Gasteiger charge is -2.36. The summed E-state index contributed by atoms with van der Waals surface area (Å²) in [4.78, 5) is 8.72. The fraction of sp³-hybridized carbons (Fsp3) is 0.350. The minimum absolute atomic E-state index is 0. The fourth-order valence-electron chi connectivity index (χ4n) is 3.05. The number of rotatable bonds is 5. The summed E-state index contributed by atoms with van der Waals surface area (Å²) in [6.07, 6.45) is 0. The highest BCUT2D eigenvalue weighted by atomic mass is 127. The molecule has 3 N–H and O–H groups in total. The lowest BCUT2D eigenvalue weighted by molar-refractivity contribution is 0.318. The van der Waals surface area contributed by atoms with Gasteiger partial charge in [0.2, 0.25) is 0 Å². The second-order valence-electron chi connectivity index (χ2n) is 6.36. The number of halogens is 2. The van der Waals surface area contributed by atoms with Gasteiger partial charge in [-0.2, -0.15) is 0 Å². The van der Waals surface area contributed by atoms with Gasteiger partial charge in [0.15, 0.2) is 17.5 Å². The number of benzene rings is 2. The number of phenolic OH excluding ortho intramolecular Hbond substituents is 1. The van der Waals surface area contributed by atoms with Crippen molar-refractivity contribution in [3.8, 4) is 11.5 Å². The molecule has 0 amide bonds. The molecule has 0 saturated carbocycles. The van der Waals surface area contributed by atoms with Crippen LogP contribution in [0, 0.1) is 5.82 Å². The van der Waals surface area contributed by atoms with Gasteiger partial charge >= 0.3 is 0 Å². The molecule has 0 atom stereocenters. The van der Waals surface area contributed by atoms with Crippen molar-refractivity contribution in [1.82, 2.24) is 4.90 Å². The molecule has 1 heterocycles. The maximum atomic E-state index is 13.1. The minimum atomic E-state index is -0.226. The molecule has 1 aliphatic heterocycles. The lowest BCUT2D eigenvalue weighted by Crippen LogP contribution is -2.51. The van der Waals surface area contributed by atoms with E-state index in [2.05, 4.69) is 9.89 Å². The van der Waals surface area contributed by atoms with Crippen LogP contribution in [-0.2, 0) is 6.54 Å². The van der Waals surface area contributed by atoms with Crippen LogP contribution >= 0.6 is 24.0 Å². The normalized spacial score (nSPS) is 14.6. The molecule has 0 unspecified atom stereocenters. The van der Waals surface area contributed by atoms with E-state index in [0.717, 1.165) is 37.4 Å². The number of aliphatic imine (C=N–C) groups is 1. The molecule has 2 aromatic rings. The topological polar surface area (TPSA) is 74.3 Å². The zero-order valence-corrected chi connectivity index (χ0v) is 18.2. The number of nitrogens with zero attached hydrogens (tertiary/aromatic N) is 3. The van der Waals surface area contributed by atoms with Crippen LogP contribution in [-0.4, -0.2) is 48.8 Å². The van der Waals surface area contributed by atoms with E-state index in [1.807, 2.05) is 11.8 Å². The van der Waals surface area contributed by atoms with Crippen LogP contribution in [0.1, 0.15) is 12.5 Å². The van der Waals surface area contributed by atoms with Gasteiger partial charge in [0.25, 0.3) is 0 Å². The molecule has 0 aromatic heterocycles. The van der Waals surface area contributed by atoms with E-state index in [-0.39, 0.29) is 35.5 Å². The highest BCUT2D eigenvalue weighted by Gasteiger charge is 2.18. The largest absolute Gasteiger partial charge is 0.504 e. The van der Waals surface area contributed by atoms with Crippen LogP contribution in [0.2, 0.25) is 0 Å². The van der Waals surface area contributed by atoms with Crippen molar-refractivity contribution < 1.29 is 14.2 Å². The molecule has 8 heteroatoms. The third-order valence-electron chi connectivity index (χ3n) is 4.54. The smallest absolute Gasteiger partial charge is 0.191 e. The molecule has 1 aliphatic rings. The Hall–Kier alpha value is -2.23. The van der Waals surface area contributed by atoms with E-state index in [1.54, 1.807) is 30.3 Å². The zero-order valence-electron chi connectivity index (χ0n) is 15.8. The van der Waals surface area contributed by atoms with Crippen molar-refractivity contribution in [2.75, 3.05) is 37.7 Å². The van der Waals surface area contributed by atoms with Gasteiger partial charge in [0.05, 0.1) is 13.2 Å². The summed E-state index contributed by atoms with van der Waals surface area (Å²) >= 11 is 0. The van der Waals surface area contributed by atoms with E-state index in [9.17, 15) is 9.50 Å². The molecule has 0 aliphatic carbocycles. The van der Waals surface area contributed by atoms with Gasteiger partial charge in [0, 0.05) is 31.9 Å². The van der Waals surface area contributed by atoms with Crippen molar-refractivity contribution in [2.45, 2.75) is 13.5 Å². The molecule has 28 heavy (non-hydrogen) atoms. The number of ether oxygens (including phenoxy) is 1. The molecule has 152 valence electrons. The summed E-state index contributed by atoms with van der Waals surface area (Å²) in [5, 5.41) is 9.76. The predicted octanol–water partition coefficient (Wildman–Crippen LogP) is 3.18. The summed E-state index contributed by atoms with van der Waals surface area (Å²) in [5.41, 5.74) is 8.09. The number of piperazine rings is 1. The summed E-state index contributed by atoms with van der Waals surface area (Å²) in [5.74, 6) is 0.849. The molecule has 2 aromatic carbocycles. The highest BCUT2D eigenvalue weighted by Crippen LogP contribution is 2.27. The van der Waals surface area contributed by atoms with Crippen molar-refractivity contribution in [1.29, 1.82) is 0 Å². The summed E-state index contributed by atoms with van der Waals surface area (Å²) < 4.78 is 18.4. The Labute approximate surface area is 181 Å². The first-order chi connectivity index (χ1) is 13.1. The number of hydrogen-bond donors (Lipinski definition) is 2. The van der Waals surface area contributed by atoms with Crippen molar-refractivity contribution >= 4 is 35.6 Å². The maximum absolute atomic E-state index is 13.1. The number of hydrogen-bond acceptors (Lipinski definition) is 4. The molecular weight excluding hydrogens is 474 g/mol. The molecule has 0 bridgehead atoms. The van der Waals surface area contributed by atoms with Gasteiger partial charge in [-0.15, -0.1) is 24.0 Å². The van der Waals surface area contributed by atoms with Gasteiger partial charge in [-0.05, 0) is 48.9 Å². The van der Waals surface area contributed by atoms with E-state index in [1.165, 1.54) is 12.1 Å². The van der Waals surface area contributed by atoms with Crippen LogP contribution in [0.15, 0.2) is 47.5 Å². The molecule has 6 nitrogen and oxygen atoms in total. The van der Waals surface area contributed by atoms with E-state index < -0.39 is 0 Å². The fourth-order valence-corrected chi connectivity index (χ4v) is 3.05. The quantitative estimate of drug-likeness (QED) is 0.375. The number of guanidine groups is 1. The molecule has 1 fully saturated rings. The van der Waals surface area contributed by atoms with Gasteiger partial charge in [-0.3, -0.25) is 0 Å². The second kappa shape index (κ2) is 10.4. The Morgan fingerprint density at radius 2 is 1.82 bits per heavy atom. The first kappa shape index (κ1) is 22.1. The van der Waals surface area contributed by atoms with Crippen molar-refractivity contribution in [2.24, 2.45) is 10.7 Å². The monoisotopic (exact) mass is 500 g/mol. The Bertz CT molecular complexity index is 793. The third kappa shape index (κ3) is 5.63. The number of anilines is 1. The first-order valence-corrected chi connectivity index (χ1v) is 9.07. The summed E-state index contributed by atoms with van der Waals surface area (Å²) in [6.45, 7) is 5.89. The van der Waals surface area contributed by atoms with Crippen molar-refractivity contribution in [3.63, 3.8) is 0 Å². The summed E-state index contributed by atoms with van der Waals surface area (Å²) in [7, 11) is 0. The molecule has 1 saturated heterocycles. The first-order valence-electron chi connectivity index (χ1n) is 9.07. The van der Waals surface area contributed by atoms with Crippen LogP contribution in [0.4, 0.5) is 10.1 Å². The van der Waals surface area contributed by atoms with Crippen LogP contribution in [0.3, 0.4) is 0 Å². The van der Waals surface area contributed by atoms with Gasteiger partial charge in [-0.25, -0.2) is 9.38 Å². The van der Waals surface area contributed by atoms with Crippen LogP contribution in [0.5, 0.6) is 11.5 Å². The Kier molecular flexibility index (Phi) is 8.16. The third-order valence-corrected chi connectivity index (χ3v) is 4.54. The Balaban J connectivity index is 0.00000280.